The fourth-order valence-electron chi connectivity index (χ4n) is 2.24. The highest BCUT2D eigenvalue weighted by molar-refractivity contribution is 8.56. The van der Waals surface area contributed by atoms with Crippen molar-refractivity contribution < 1.29 is 0 Å². The predicted molar refractivity (Wildman–Crippen MR) is 89.0 cm³/mol. The van der Waals surface area contributed by atoms with E-state index in [-0.39, 0.29) is 0 Å². The maximum absolute atomic E-state index is 2.76. The summed E-state index contributed by atoms with van der Waals surface area (Å²) < 4.78 is 2.76. The summed E-state index contributed by atoms with van der Waals surface area (Å²) >= 11 is 4.22. The third-order valence-corrected chi connectivity index (χ3v) is 8.17. The van der Waals surface area contributed by atoms with Gasteiger partial charge < -0.3 is 14.0 Å². The van der Waals surface area contributed by atoms with Crippen molar-refractivity contribution in [2.75, 3.05) is 39.7 Å². The maximum atomic E-state index is 2.76. The number of nitrogens with zero attached hydrogens (tertiary/aromatic N) is 3. The average Bonchev–Trinajstić information content (AvgIpc) is 2.62. The predicted octanol–water partition coefficient (Wildman–Crippen LogP) is 1.70. The second-order valence-corrected chi connectivity index (χ2v) is 13.4. The molecule has 0 aliphatic carbocycles. The Hall–Kier alpha value is 0.927. The summed E-state index contributed by atoms with van der Waals surface area (Å²) in [6, 6.07) is 0. The molecule has 0 aromatic heterocycles. The number of hydrogen-bond acceptors (Lipinski definition) is 5. The highest BCUT2D eigenvalue weighted by atomic mass is 32.2. The molecule has 3 nitrogen and oxygen atoms in total. The van der Waals surface area contributed by atoms with Crippen LogP contribution in [0, 0.1) is 0 Å². The lowest BCUT2D eigenvalue weighted by Crippen LogP contribution is -2.69. The molecule has 0 aromatic carbocycles. The van der Waals surface area contributed by atoms with Crippen LogP contribution in [0.2, 0.25) is 19.6 Å². The molecule has 8 heteroatoms. The zero-order valence-corrected chi connectivity index (χ0v) is 14.9. The molecule has 0 N–H and O–H groups in total. The van der Waals surface area contributed by atoms with E-state index in [1.165, 1.54) is 11.5 Å². The minimum absolute atomic E-state index is 0.407. The molecule has 1 aliphatic heterocycles. The molecule has 1 rings (SSSR count). The van der Waals surface area contributed by atoms with Crippen molar-refractivity contribution in [2.24, 2.45) is 0 Å². The van der Waals surface area contributed by atoms with Gasteiger partial charge in [-0.3, -0.25) is 0 Å². The summed E-state index contributed by atoms with van der Waals surface area (Å²) in [6.07, 6.45) is 0. The van der Waals surface area contributed by atoms with Crippen molar-refractivity contribution in [3.63, 3.8) is 0 Å². The van der Waals surface area contributed by atoms with Crippen LogP contribution in [-0.2, 0) is 0 Å². The van der Waals surface area contributed by atoms with Crippen LogP contribution in [0.3, 0.4) is 0 Å². The van der Waals surface area contributed by atoms with Gasteiger partial charge in [0, 0.05) is 0 Å². The molecule has 0 aromatic rings. The summed E-state index contributed by atoms with van der Waals surface area (Å²) in [7, 11) is 7.81. The van der Waals surface area contributed by atoms with Crippen LogP contribution in [0.1, 0.15) is 0 Å². The Morgan fingerprint density at radius 3 is 1.65 bits per heavy atom. The molecule has 1 saturated heterocycles. The first kappa shape index (κ1) is 16.0. The molecule has 0 spiro atoms. The van der Waals surface area contributed by atoms with E-state index in [4.69, 9.17) is 0 Å². The van der Waals surface area contributed by atoms with Gasteiger partial charge in [0.2, 0.25) is 0 Å². The van der Waals surface area contributed by atoms with Crippen LogP contribution in [0.5, 0.6) is 0 Å². The monoisotopic (exact) mass is 289 g/mol. The molecule has 0 amide bonds. The maximum Gasteiger partial charge on any atom is 0.385 e. The molecule has 1 fully saturated rings. The normalized spacial score (nSPS) is 17.6. The topological polar surface area (TPSA) is 9.72 Å². The zero-order valence-electron chi connectivity index (χ0n) is 12.2. The molecule has 98 valence electrons. The molecule has 0 atom stereocenters. The minimum atomic E-state index is -1.33. The summed E-state index contributed by atoms with van der Waals surface area (Å²) in [4.78, 5) is 4.66. The van der Waals surface area contributed by atoms with E-state index in [1.54, 1.807) is 0 Å². The Balaban J connectivity index is 2.94. The Morgan fingerprint density at radius 2 is 1.35 bits per heavy atom. The van der Waals surface area contributed by atoms with Crippen molar-refractivity contribution in [3.8, 4) is 0 Å². The van der Waals surface area contributed by atoms with E-state index in [0.717, 1.165) is 0 Å². The van der Waals surface area contributed by atoms with E-state index in [0.29, 0.717) is 12.5 Å². The van der Waals surface area contributed by atoms with Gasteiger partial charge in [0.25, 0.3) is 0 Å². The summed E-state index contributed by atoms with van der Waals surface area (Å²) in [5.41, 5.74) is 0. The lowest BCUT2D eigenvalue weighted by Gasteiger charge is -2.45. The van der Waals surface area contributed by atoms with Crippen molar-refractivity contribution >= 4 is 44.0 Å². The van der Waals surface area contributed by atoms with Crippen LogP contribution in [-0.4, -0.2) is 74.5 Å². The third kappa shape index (κ3) is 4.21. The van der Waals surface area contributed by atoms with Crippen LogP contribution in [0.15, 0.2) is 0 Å². The summed E-state index contributed by atoms with van der Waals surface area (Å²) in [6.45, 7) is 7.35. The fourth-order valence-corrected chi connectivity index (χ4v) is 9.04. The van der Waals surface area contributed by atoms with Gasteiger partial charge in [0.15, 0.2) is 0 Å². The molecule has 1 aliphatic rings. The first-order chi connectivity index (χ1) is 7.75. The molecule has 1 heterocycles. The lowest BCUT2D eigenvalue weighted by atomic mass is 9.85. The van der Waals surface area contributed by atoms with Crippen LogP contribution < -0.4 is 0 Å². The second-order valence-electron chi connectivity index (χ2n) is 5.90. The number of rotatable bonds is 5. The molecule has 0 radical (unpaired) electrons. The van der Waals surface area contributed by atoms with Gasteiger partial charge in [-0.1, -0.05) is 19.6 Å². The van der Waals surface area contributed by atoms with Crippen molar-refractivity contribution in [1.82, 2.24) is 14.0 Å². The van der Waals surface area contributed by atoms with Gasteiger partial charge in [0.1, 0.15) is 8.24 Å². The van der Waals surface area contributed by atoms with Gasteiger partial charge in [-0.15, -0.1) is 0 Å². The fraction of sp³-hybridized carbons (Fsp3) is 1.00. The Morgan fingerprint density at radius 1 is 0.941 bits per heavy atom. The SMILES string of the molecule is CN(C)B(N(C)C)N(B1SCCS1)[Si](C)(C)C. The summed E-state index contributed by atoms with van der Waals surface area (Å²) in [5.74, 6) is 2.59. The molecule has 0 unspecified atom stereocenters. The minimum Gasteiger partial charge on any atom is -0.359 e. The summed E-state index contributed by atoms with van der Waals surface area (Å²) in [5, 5.41) is 0.636. The van der Waals surface area contributed by atoms with E-state index >= 15 is 0 Å². The van der Waals surface area contributed by atoms with Gasteiger partial charge in [-0.05, 0) is 39.7 Å². The molecule has 0 bridgehead atoms. The van der Waals surface area contributed by atoms with Crippen LogP contribution in [0.4, 0.5) is 0 Å². The number of hydrogen-bond donors (Lipinski definition) is 0. The first-order valence-corrected chi connectivity index (χ1v) is 11.6. The average molecular weight is 289 g/mol. The zero-order chi connectivity index (χ0) is 13.2. The molecular weight excluding hydrogens is 264 g/mol. The highest BCUT2D eigenvalue weighted by Gasteiger charge is 2.45. The Bertz CT molecular complexity index is 237. The molecule has 17 heavy (non-hydrogen) atoms. The molecular formula is C9H25B2N3S2Si. The van der Waals surface area contributed by atoms with Crippen molar-refractivity contribution in [1.29, 1.82) is 0 Å². The Labute approximate surface area is 117 Å². The third-order valence-electron chi connectivity index (χ3n) is 2.78. The van der Waals surface area contributed by atoms with Crippen molar-refractivity contribution in [2.45, 2.75) is 19.6 Å². The molecule has 0 saturated carbocycles. The van der Waals surface area contributed by atoms with E-state index in [9.17, 15) is 0 Å². The van der Waals surface area contributed by atoms with Gasteiger partial charge in [-0.25, -0.2) is 0 Å². The van der Waals surface area contributed by atoms with E-state index in [1.807, 2.05) is 0 Å². The van der Waals surface area contributed by atoms with Crippen LogP contribution >= 0.6 is 23.2 Å². The van der Waals surface area contributed by atoms with Crippen LogP contribution in [0.25, 0.3) is 0 Å². The lowest BCUT2D eigenvalue weighted by molar-refractivity contribution is 0.480. The van der Waals surface area contributed by atoms with Crippen molar-refractivity contribution in [3.05, 3.63) is 0 Å². The largest absolute Gasteiger partial charge is 0.385 e. The van der Waals surface area contributed by atoms with Gasteiger partial charge in [-0.2, -0.15) is 23.2 Å². The standard InChI is InChI=1S/C9H25B2N3S2Si/c1-12(2)10(13(3)4)14(17(5,6)7)11-15-8-9-16-11/h8-9H2,1-7H3. The first-order valence-electron chi connectivity index (χ1n) is 6.09. The quantitative estimate of drug-likeness (QED) is 0.710. The smallest absolute Gasteiger partial charge is 0.359 e. The van der Waals surface area contributed by atoms with Gasteiger partial charge in [0.05, 0.1) is 0 Å². The second kappa shape index (κ2) is 6.39. The Kier molecular flexibility index (Phi) is 6.01. The van der Waals surface area contributed by atoms with E-state index in [2.05, 4.69) is 85.1 Å². The van der Waals surface area contributed by atoms with Gasteiger partial charge >= 0.3 is 12.5 Å². The highest BCUT2D eigenvalue weighted by Crippen LogP contribution is 2.34. The van der Waals surface area contributed by atoms with E-state index < -0.39 is 8.24 Å².